The summed E-state index contributed by atoms with van der Waals surface area (Å²) >= 11 is 5.83. The number of hydrazine groups is 1. The number of carbonyl (C=O) groups is 2. The molecule has 1 atom stereocenters. The topological polar surface area (TPSA) is 85.8 Å². The van der Waals surface area contributed by atoms with E-state index in [1.54, 1.807) is 29.3 Å². The molecule has 0 aliphatic carbocycles. The smallest absolute Gasteiger partial charge is 0.249 e. The van der Waals surface area contributed by atoms with Gasteiger partial charge in [0, 0.05) is 10.7 Å². The maximum Gasteiger partial charge on any atom is 0.249 e. The highest BCUT2D eigenvalue weighted by Crippen LogP contribution is 2.20. The third kappa shape index (κ3) is 3.14. The van der Waals surface area contributed by atoms with Gasteiger partial charge in [0.15, 0.2) is 0 Å². The minimum atomic E-state index is -0.685. The van der Waals surface area contributed by atoms with Crippen molar-refractivity contribution < 1.29 is 9.59 Å². The van der Waals surface area contributed by atoms with Crippen molar-refractivity contribution in [3.05, 3.63) is 40.7 Å². The van der Waals surface area contributed by atoms with E-state index >= 15 is 0 Å². The Bertz CT molecular complexity index is 722. The molecule has 3 N–H and O–H groups in total. The van der Waals surface area contributed by atoms with E-state index in [4.69, 9.17) is 11.6 Å². The number of nitrogens with zero attached hydrogens (tertiary/aromatic N) is 2. The molecular weight excluding hydrogens is 318 g/mol. The van der Waals surface area contributed by atoms with Gasteiger partial charge in [0.2, 0.25) is 17.8 Å². The molecule has 120 valence electrons. The number of rotatable bonds is 2. The highest BCUT2D eigenvalue weighted by atomic mass is 35.5. The van der Waals surface area contributed by atoms with Gasteiger partial charge in [-0.3, -0.25) is 20.3 Å². The van der Waals surface area contributed by atoms with Crippen molar-refractivity contribution in [1.29, 1.82) is 0 Å². The molecule has 2 aliphatic rings. The van der Waals surface area contributed by atoms with Gasteiger partial charge < -0.3 is 5.32 Å². The second kappa shape index (κ2) is 5.92. The number of aliphatic imine (C=N–C) groups is 1. The number of nitrogens with one attached hydrogen (secondary N) is 3. The minimum absolute atomic E-state index is 0.0431. The van der Waals surface area contributed by atoms with Crippen LogP contribution in [-0.2, 0) is 9.59 Å². The summed E-state index contributed by atoms with van der Waals surface area (Å²) in [6.45, 7) is 3.80. The molecule has 0 spiro atoms. The lowest BCUT2D eigenvalue weighted by Gasteiger charge is -2.32. The van der Waals surface area contributed by atoms with Crippen LogP contribution >= 0.6 is 11.6 Å². The van der Waals surface area contributed by atoms with Crippen molar-refractivity contribution in [1.82, 2.24) is 15.8 Å². The Morgan fingerprint density at radius 2 is 2.04 bits per heavy atom. The summed E-state index contributed by atoms with van der Waals surface area (Å²) in [6, 6.07) is 6.10. The van der Waals surface area contributed by atoms with Gasteiger partial charge in [0.05, 0.1) is 6.42 Å². The minimum Gasteiger partial charge on any atom is -0.324 e. The van der Waals surface area contributed by atoms with Crippen molar-refractivity contribution in [2.45, 2.75) is 26.3 Å². The lowest BCUT2D eigenvalue weighted by Crippen LogP contribution is -2.61. The first kappa shape index (κ1) is 15.4. The Balaban J connectivity index is 1.80. The average molecular weight is 334 g/mol. The van der Waals surface area contributed by atoms with Crippen molar-refractivity contribution in [2.24, 2.45) is 4.99 Å². The number of guanidine groups is 1. The maximum atomic E-state index is 12.5. The zero-order chi connectivity index (χ0) is 16.6. The molecule has 1 aromatic carbocycles. The van der Waals surface area contributed by atoms with E-state index in [0.29, 0.717) is 22.5 Å². The first-order chi connectivity index (χ1) is 10.9. The summed E-state index contributed by atoms with van der Waals surface area (Å²) in [5.74, 6) is 0.436. The monoisotopic (exact) mass is 333 g/mol. The van der Waals surface area contributed by atoms with Gasteiger partial charge in [-0.25, -0.2) is 5.01 Å². The Hall–Kier alpha value is -2.54. The number of hydrogen-bond acceptors (Lipinski definition) is 5. The summed E-state index contributed by atoms with van der Waals surface area (Å²) in [6.07, 6.45) is 0.0431. The van der Waals surface area contributed by atoms with Crippen LogP contribution in [0.25, 0.3) is 0 Å². The summed E-state index contributed by atoms with van der Waals surface area (Å²) in [4.78, 5) is 28.7. The van der Waals surface area contributed by atoms with Crippen LogP contribution < -0.4 is 16.1 Å². The number of hydrogen-bond donors (Lipinski definition) is 3. The first-order valence-electron chi connectivity index (χ1n) is 7.12. The number of halogens is 1. The van der Waals surface area contributed by atoms with Crippen molar-refractivity contribution in [3.63, 3.8) is 0 Å². The van der Waals surface area contributed by atoms with Crippen LogP contribution in [-0.4, -0.2) is 28.8 Å². The summed E-state index contributed by atoms with van der Waals surface area (Å²) in [5.41, 5.74) is 4.62. The maximum absolute atomic E-state index is 12.5. The van der Waals surface area contributed by atoms with E-state index in [1.165, 1.54) is 0 Å². The van der Waals surface area contributed by atoms with E-state index in [2.05, 4.69) is 21.1 Å². The zero-order valence-corrected chi connectivity index (χ0v) is 13.4. The highest BCUT2D eigenvalue weighted by molar-refractivity contribution is 6.30. The molecule has 0 bridgehead atoms. The van der Waals surface area contributed by atoms with Crippen LogP contribution in [0.2, 0.25) is 5.02 Å². The Morgan fingerprint density at radius 3 is 2.70 bits per heavy atom. The lowest BCUT2D eigenvalue weighted by molar-refractivity contribution is -0.129. The summed E-state index contributed by atoms with van der Waals surface area (Å²) in [5, 5.41) is 7.61. The van der Waals surface area contributed by atoms with E-state index in [9.17, 15) is 9.59 Å². The Kier molecular flexibility index (Phi) is 3.96. The Morgan fingerprint density at radius 1 is 1.35 bits per heavy atom. The van der Waals surface area contributed by atoms with Crippen LogP contribution in [0, 0.1) is 0 Å². The Labute approximate surface area is 138 Å². The van der Waals surface area contributed by atoms with Gasteiger partial charge in [-0.2, -0.15) is 4.99 Å². The normalized spacial score (nSPS) is 19.5. The molecular formula is C15H16ClN5O2. The molecule has 7 nitrogen and oxygen atoms in total. The fourth-order valence-corrected chi connectivity index (χ4v) is 2.43. The molecule has 23 heavy (non-hydrogen) atoms. The third-order valence-electron chi connectivity index (χ3n) is 3.50. The van der Waals surface area contributed by atoms with Gasteiger partial charge in [-0.1, -0.05) is 11.6 Å². The molecule has 3 rings (SSSR count). The lowest BCUT2D eigenvalue weighted by atomic mass is 10.1. The zero-order valence-electron chi connectivity index (χ0n) is 12.7. The van der Waals surface area contributed by atoms with Crippen LogP contribution in [0.1, 0.15) is 20.3 Å². The highest BCUT2D eigenvalue weighted by Gasteiger charge is 2.39. The van der Waals surface area contributed by atoms with Crippen molar-refractivity contribution in [3.8, 4) is 0 Å². The van der Waals surface area contributed by atoms with Gasteiger partial charge >= 0.3 is 0 Å². The molecule has 0 aromatic heterocycles. The van der Waals surface area contributed by atoms with Crippen LogP contribution in [0.3, 0.4) is 0 Å². The largest absolute Gasteiger partial charge is 0.324 e. The van der Waals surface area contributed by atoms with Crippen molar-refractivity contribution in [2.75, 3.05) is 5.32 Å². The molecule has 2 heterocycles. The molecule has 1 fully saturated rings. The molecule has 8 heteroatoms. The summed E-state index contributed by atoms with van der Waals surface area (Å²) < 4.78 is 0. The number of benzene rings is 1. The van der Waals surface area contributed by atoms with E-state index < -0.39 is 6.04 Å². The van der Waals surface area contributed by atoms with Gasteiger partial charge in [-0.15, -0.1) is 0 Å². The van der Waals surface area contributed by atoms with Crippen LogP contribution in [0.5, 0.6) is 0 Å². The van der Waals surface area contributed by atoms with Gasteiger partial charge in [0.25, 0.3) is 0 Å². The predicted molar refractivity (Wildman–Crippen MR) is 87.4 cm³/mol. The van der Waals surface area contributed by atoms with Crippen LogP contribution in [0.4, 0.5) is 5.69 Å². The third-order valence-corrected chi connectivity index (χ3v) is 3.75. The molecule has 2 aliphatic heterocycles. The van der Waals surface area contributed by atoms with Gasteiger partial charge in [0.1, 0.15) is 11.9 Å². The van der Waals surface area contributed by atoms with Gasteiger partial charge in [-0.05, 0) is 43.7 Å². The van der Waals surface area contributed by atoms with E-state index in [1.807, 2.05) is 13.8 Å². The number of amides is 2. The van der Waals surface area contributed by atoms with Crippen molar-refractivity contribution >= 4 is 35.1 Å². The number of fused-ring (bicyclic) bond motifs is 1. The number of carbonyl (C=O) groups excluding carboxylic acids is 2. The molecule has 0 saturated carbocycles. The second-order valence-corrected chi connectivity index (χ2v) is 5.97. The first-order valence-corrected chi connectivity index (χ1v) is 7.50. The molecule has 2 amide bonds. The van der Waals surface area contributed by atoms with E-state index in [-0.39, 0.29) is 18.2 Å². The SMILES string of the molecule is CC(C)=C1N=C2NC(=O)C[C@H](C(=O)Nc3ccc(Cl)cc3)N2N1. The standard InChI is InChI=1S/C15H16ClN5O2/c1-8(2)13-19-15-18-12(22)7-11(21(15)20-13)14(23)17-10-5-3-9(16)4-6-10/h3-6,11,20H,7H2,1-2H3,(H,17,23)(H,18,19,22)/t11-/m1/s1. The molecule has 1 aromatic rings. The average Bonchev–Trinajstić information content (AvgIpc) is 2.92. The quantitative estimate of drug-likeness (QED) is 0.767. The molecule has 0 unspecified atom stereocenters. The fourth-order valence-electron chi connectivity index (χ4n) is 2.30. The second-order valence-electron chi connectivity index (χ2n) is 5.53. The number of anilines is 1. The van der Waals surface area contributed by atoms with Crippen LogP contribution in [0.15, 0.2) is 40.7 Å². The number of allylic oxidation sites excluding steroid dienone is 1. The molecule has 0 radical (unpaired) electrons. The molecule has 1 saturated heterocycles. The summed E-state index contributed by atoms with van der Waals surface area (Å²) in [7, 11) is 0. The van der Waals surface area contributed by atoms with E-state index in [0.717, 1.165) is 5.57 Å². The predicted octanol–water partition coefficient (Wildman–Crippen LogP) is 1.59. The fraction of sp³-hybridized carbons (Fsp3) is 0.267.